The molecule has 0 aliphatic carbocycles. The van der Waals surface area contributed by atoms with Crippen LogP contribution in [0.15, 0.2) is 61.3 Å². The van der Waals surface area contributed by atoms with Gasteiger partial charge in [0, 0.05) is 74.5 Å². The van der Waals surface area contributed by atoms with Crippen LogP contribution in [0.2, 0.25) is 0 Å². The first-order valence-corrected chi connectivity index (χ1v) is 12.9. The summed E-state index contributed by atoms with van der Waals surface area (Å²) in [6.45, 7) is 10.0. The normalized spacial score (nSPS) is 15.1. The quantitative estimate of drug-likeness (QED) is 0.259. The summed E-state index contributed by atoms with van der Waals surface area (Å²) in [5.74, 6) is -0.165. The third-order valence-corrected chi connectivity index (χ3v) is 6.98. The standard InChI is InChI=1S/C26H28F3N7O.C3H4O/c1-16-9-20(36-14-25(15-36)12-35(13-25)17(2)37)7-8-22(16)33-24-31-11-21(26(27,28)29)23(34-24)32-19-6-4-5-18(10-19)30-3;1-2-3-4/h4-11,30H,12-15H2,1-3H3,(H2,31,32,33,34);2-3H,1H2. The third-order valence-electron chi connectivity index (χ3n) is 6.98. The lowest BCUT2D eigenvalue weighted by atomic mass is 9.72. The molecule has 2 aliphatic rings. The van der Waals surface area contributed by atoms with Gasteiger partial charge in [-0.2, -0.15) is 18.2 Å². The fraction of sp³-hybridized carbons (Fsp3) is 0.310. The van der Waals surface area contributed by atoms with E-state index in [0.717, 1.165) is 49.3 Å². The maximum atomic E-state index is 13.6. The first kappa shape index (κ1) is 29.4. The zero-order chi connectivity index (χ0) is 29.8. The van der Waals surface area contributed by atoms with E-state index in [1.54, 1.807) is 32.2 Å². The zero-order valence-electron chi connectivity index (χ0n) is 23.0. The van der Waals surface area contributed by atoms with Gasteiger partial charge >= 0.3 is 6.18 Å². The largest absolute Gasteiger partial charge is 0.421 e. The number of allylic oxidation sites excluding steroid dienone is 1. The van der Waals surface area contributed by atoms with Gasteiger partial charge in [0.2, 0.25) is 11.9 Å². The maximum Gasteiger partial charge on any atom is 0.421 e. The molecular weight excluding hydrogens is 535 g/mol. The van der Waals surface area contributed by atoms with Gasteiger partial charge in [0.15, 0.2) is 0 Å². The molecule has 3 heterocycles. The van der Waals surface area contributed by atoms with Gasteiger partial charge in [0.25, 0.3) is 0 Å². The second-order valence-electron chi connectivity index (χ2n) is 10.1. The van der Waals surface area contributed by atoms with Gasteiger partial charge < -0.3 is 25.8 Å². The number of rotatable bonds is 7. The second kappa shape index (κ2) is 11.9. The second-order valence-corrected chi connectivity index (χ2v) is 10.1. The molecular formula is C29H32F3N7O2. The summed E-state index contributed by atoms with van der Waals surface area (Å²) in [6, 6.07) is 12.8. The lowest BCUT2D eigenvalue weighted by molar-refractivity contribution is -0.142. The highest BCUT2D eigenvalue weighted by Gasteiger charge is 2.52. The highest BCUT2D eigenvalue weighted by atomic mass is 19.4. The van der Waals surface area contributed by atoms with Crippen molar-refractivity contribution in [1.82, 2.24) is 14.9 Å². The average Bonchev–Trinajstić information content (AvgIpc) is 2.88. The van der Waals surface area contributed by atoms with Crippen molar-refractivity contribution in [3.05, 3.63) is 72.4 Å². The van der Waals surface area contributed by atoms with Crippen molar-refractivity contribution < 1.29 is 22.8 Å². The molecule has 2 fully saturated rings. The number of aromatic nitrogens is 2. The molecule has 1 amide bonds. The molecule has 0 bridgehead atoms. The predicted molar refractivity (Wildman–Crippen MR) is 154 cm³/mol. The Morgan fingerprint density at radius 3 is 2.34 bits per heavy atom. The minimum Gasteiger partial charge on any atom is -0.388 e. The first-order chi connectivity index (χ1) is 19.5. The van der Waals surface area contributed by atoms with Crippen molar-refractivity contribution in [1.29, 1.82) is 0 Å². The Morgan fingerprint density at radius 2 is 1.76 bits per heavy atom. The molecule has 0 unspecified atom stereocenters. The molecule has 41 heavy (non-hydrogen) atoms. The Balaban J connectivity index is 0.000000909. The number of halogens is 3. The van der Waals surface area contributed by atoms with Crippen LogP contribution in [0.1, 0.15) is 18.1 Å². The van der Waals surface area contributed by atoms with Crippen LogP contribution in [0, 0.1) is 12.3 Å². The summed E-state index contributed by atoms with van der Waals surface area (Å²) in [5.41, 5.74) is 3.14. The van der Waals surface area contributed by atoms with Crippen molar-refractivity contribution in [3.8, 4) is 0 Å². The Bertz CT molecular complexity index is 1420. The van der Waals surface area contributed by atoms with E-state index in [4.69, 9.17) is 4.79 Å². The van der Waals surface area contributed by atoms with Gasteiger partial charge in [0.05, 0.1) is 0 Å². The molecule has 0 atom stereocenters. The molecule has 0 radical (unpaired) electrons. The van der Waals surface area contributed by atoms with E-state index >= 15 is 0 Å². The monoisotopic (exact) mass is 567 g/mol. The summed E-state index contributed by atoms with van der Waals surface area (Å²) in [6.07, 6.45) is -2.00. The Morgan fingerprint density at radius 1 is 1.07 bits per heavy atom. The molecule has 2 aromatic carbocycles. The number of carbonyl (C=O) groups excluding carboxylic acids is 2. The van der Waals surface area contributed by atoms with Crippen molar-refractivity contribution in [2.75, 3.05) is 54.1 Å². The Hall–Kier alpha value is -4.61. The summed E-state index contributed by atoms with van der Waals surface area (Å²) in [5, 5.41) is 8.79. The van der Waals surface area contributed by atoms with Gasteiger partial charge in [-0.3, -0.25) is 9.59 Å². The fourth-order valence-corrected chi connectivity index (χ4v) is 4.87. The molecule has 12 heteroatoms. The average molecular weight is 568 g/mol. The van der Waals surface area contributed by atoms with E-state index in [-0.39, 0.29) is 23.1 Å². The molecule has 3 aromatic rings. The summed E-state index contributed by atoms with van der Waals surface area (Å²) < 4.78 is 40.9. The summed E-state index contributed by atoms with van der Waals surface area (Å²) in [7, 11) is 1.73. The van der Waals surface area contributed by atoms with Crippen molar-refractivity contribution in [2.24, 2.45) is 5.41 Å². The number of benzene rings is 2. The third kappa shape index (κ3) is 6.76. The van der Waals surface area contributed by atoms with Crippen LogP contribution in [0.5, 0.6) is 0 Å². The lowest BCUT2D eigenvalue weighted by Crippen LogP contribution is -2.72. The minimum atomic E-state index is -4.62. The number of amides is 1. The number of aryl methyl sites for hydroxylation is 1. The van der Waals surface area contributed by atoms with Gasteiger partial charge in [-0.15, -0.1) is 0 Å². The molecule has 2 aliphatic heterocycles. The highest BCUT2D eigenvalue weighted by molar-refractivity contribution is 5.75. The number of anilines is 6. The molecule has 0 saturated carbocycles. The van der Waals surface area contributed by atoms with E-state index in [2.05, 4.69) is 37.4 Å². The molecule has 5 rings (SSSR count). The molecule has 1 spiro atoms. The number of hydrogen-bond acceptors (Lipinski definition) is 8. The number of alkyl halides is 3. The van der Waals surface area contributed by atoms with Gasteiger partial charge in [0.1, 0.15) is 17.7 Å². The predicted octanol–water partition coefficient (Wildman–Crippen LogP) is 5.37. The zero-order valence-corrected chi connectivity index (χ0v) is 23.0. The number of nitrogens with one attached hydrogen (secondary N) is 3. The Labute approximate surface area is 236 Å². The van der Waals surface area contributed by atoms with E-state index < -0.39 is 11.7 Å². The summed E-state index contributed by atoms with van der Waals surface area (Å²) in [4.78, 5) is 32.7. The van der Waals surface area contributed by atoms with Gasteiger partial charge in [-0.25, -0.2) is 4.98 Å². The molecule has 216 valence electrons. The Kier molecular flexibility index (Phi) is 8.50. The van der Waals surface area contributed by atoms with E-state index in [1.807, 2.05) is 36.1 Å². The van der Waals surface area contributed by atoms with Crippen LogP contribution in [0.25, 0.3) is 0 Å². The van der Waals surface area contributed by atoms with Crippen LogP contribution >= 0.6 is 0 Å². The smallest absolute Gasteiger partial charge is 0.388 e. The van der Waals surface area contributed by atoms with Gasteiger partial charge in [-0.05, 0) is 55.0 Å². The number of hydrogen-bond donors (Lipinski definition) is 3. The molecule has 1 aromatic heterocycles. The number of likely N-dealkylation sites (tertiary alicyclic amines) is 1. The highest BCUT2D eigenvalue weighted by Crippen LogP contribution is 2.42. The van der Waals surface area contributed by atoms with Crippen molar-refractivity contribution in [2.45, 2.75) is 20.0 Å². The van der Waals surface area contributed by atoms with Crippen molar-refractivity contribution in [3.63, 3.8) is 0 Å². The molecule has 2 saturated heterocycles. The number of nitrogens with zero attached hydrogens (tertiary/aromatic N) is 4. The minimum absolute atomic E-state index is 0.0535. The van der Waals surface area contributed by atoms with E-state index in [1.165, 1.54) is 6.08 Å². The molecule has 9 nitrogen and oxygen atoms in total. The van der Waals surface area contributed by atoms with Crippen LogP contribution in [-0.2, 0) is 15.8 Å². The van der Waals surface area contributed by atoms with Gasteiger partial charge in [-0.1, -0.05) is 12.6 Å². The van der Waals surface area contributed by atoms with Crippen LogP contribution in [0.4, 0.5) is 47.7 Å². The van der Waals surface area contributed by atoms with Crippen LogP contribution in [-0.4, -0.2) is 60.3 Å². The summed E-state index contributed by atoms with van der Waals surface area (Å²) >= 11 is 0. The van der Waals surface area contributed by atoms with Crippen LogP contribution in [0.3, 0.4) is 0 Å². The topological polar surface area (TPSA) is 102 Å². The number of carbonyl (C=O) groups is 2. The molecule has 3 N–H and O–H groups in total. The SMILES string of the molecule is C=CC=O.CNc1cccc(Nc2nc(Nc3ccc(N4CC5(CN(C(C)=O)C5)C4)cc3C)ncc2C(F)(F)F)c1. The number of aldehydes is 1. The van der Waals surface area contributed by atoms with Crippen LogP contribution < -0.4 is 20.9 Å². The maximum absolute atomic E-state index is 13.6. The van der Waals surface area contributed by atoms with Crippen molar-refractivity contribution >= 4 is 46.7 Å². The first-order valence-electron chi connectivity index (χ1n) is 12.9. The fourth-order valence-electron chi connectivity index (χ4n) is 4.87. The lowest BCUT2D eigenvalue weighted by Gasteiger charge is -2.60. The van der Waals surface area contributed by atoms with E-state index in [0.29, 0.717) is 17.7 Å². The van der Waals surface area contributed by atoms with E-state index in [9.17, 15) is 18.0 Å².